The van der Waals surface area contributed by atoms with Gasteiger partial charge in [0.2, 0.25) is 0 Å². The maximum absolute atomic E-state index is 3.23. The van der Waals surface area contributed by atoms with Gasteiger partial charge in [-0.05, 0) is 0 Å². The molecule has 0 heterocycles. The monoisotopic (exact) mass is 405 g/mol. The molecule has 4 aliphatic rings. The maximum atomic E-state index is 2.41. The summed E-state index contributed by atoms with van der Waals surface area (Å²) in [6.45, 7) is 9.45. The first-order valence-electron chi connectivity index (χ1n) is 9.69. The van der Waals surface area contributed by atoms with E-state index >= 15 is 0 Å². The van der Waals surface area contributed by atoms with Gasteiger partial charge in [0.05, 0.1) is 0 Å². The van der Waals surface area contributed by atoms with E-state index in [-0.39, 0.29) is 0 Å². The van der Waals surface area contributed by atoms with Crippen LogP contribution in [0.5, 0.6) is 0 Å². The van der Waals surface area contributed by atoms with Gasteiger partial charge in [-0.2, -0.15) is 0 Å². The molecule has 0 aromatic carbocycles. The number of rotatable bonds is 4. The zero-order chi connectivity index (χ0) is 17.6. The van der Waals surface area contributed by atoms with Crippen molar-refractivity contribution in [3.63, 3.8) is 0 Å². The first kappa shape index (κ1) is 17.4. The Morgan fingerprint density at radius 2 is 0.720 bits per heavy atom. The topological polar surface area (TPSA) is 0 Å². The van der Waals surface area contributed by atoms with Crippen molar-refractivity contribution in [3.8, 4) is 0 Å². The van der Waals surface area contributed by atoms with Crippen LogP contribution in [0.25, 0.3) is 0 Å². The Morgan fingerprint density at radius 3 is 0.880 bits per heavy atom. The fourth-order valence-corrected chi connectivity index (χ4v) is 24.5. The van der Waals surface area contributed by atoms with Crippen LogP contribution in [0.2, 0.25) is 0 Å². The fourth-order valence-electron chi connectivity index (χ4n) is 5.86. The molecule has 0 amide bonds. The van der Waals surface area contributed by atoms with Crippen molar-refractivity contribution in [1.82, 2.24) is 0 Å². The predicted octanol–water partition coefficient (Wildman–Crippen LogP) is 7.08. The normalized spacial score (nSPS) is 22.9. The summed E-state index contributed by atoms with van der Waals surface area (Å²) in [5, 5.41) is 0. The van der Waals surface area contributed by atoms with Crippen LogP contribution < -0.4 is 0 Å². The molecule has 0 unspecified atom stereocenters. The van der Waals surface area contributed by atoms with Crippen molar-refractivity contribution in [2.45, 2.75) is 53.4 Å². The van der Waals surface area contributed by atoms with Crippen molar-refractivity contribution in [2.75, 3.05) is 0 Å². The van der Waals surface area contributed by atoms with Gasteiger partial charge >= 0.3 is 160 Å². The van der Waals surface area contributed by atoms with Gasteiger partial charge in [0.25, 0.3) is 0 Å². The Morgan fingerprint density at radius 1 is 0.480 bits per heavy atom. The standard InChI is InChI=1S/4C6H7.Y/c4*1-6-4-2-3-5-6;/h4*2,4H,3H2,1H3;. The van der Waals surface area contributed by atoms with Gasteiger partial charge in [-0.25, -0.2) is 0 Å². The van der Waals surface area contributed by atoms with E-state index in [0.29, 0.717) is 0 Å². The summed E-state index contributed by atoms with van der Waals surface area (Å²) in [5.74, 6) is 0. The van der Waals surface area contributed by atoms with Crippen LogP contribution in [0, 0.1) is 0 Å². The number of allylic oxidation sites excluding steroid dienone is 16. The number of hydrogen-bond donors (Lipinski definition) is 0. The summed E-state index contributed by atoms with van der Waals surface area (Å²) in [6, 6.07) is 0. The van der Waals surface area contributed by atoms with Crippen molar-refractivity contribution in [1.29, 1.82) is 0 Å². The molecule has 1 heteroatoms. The first-order chi connectivity index (χ1) is 12.1. The van der Waals surface area contributed by atoms with Gasteiger partial charge in [0, 0.05) is 0 Å². The van der Waals surface area contributed by atoms with Crippen LogP contribution in [0.3, 0.4) is 0 Å². The Kier molecular flexibility index (Phi) is 4.63. The van der Waals surface area contributed by atoms with E-state index in [1.807, 2.05) is 9.54 Å². The van der Waals surface area contributed by atoms with E-state index < -0.39 is 25.7 Å². The summed E-state index contributed by atoms with van der Waals surface area (Å²) in [4.78, 5) is 0. The summed E-state index contributed by atoms with van der Waals surface area (Å²) >= 11 is -3.23. The minimum absolute atomic E-state index is 1.18. The third kappa shape index (κ3) is 2.56. The Bertz CT molecular complexity index is 726. The van der Waals surface area contributed by atoms with Crippen LogP contribution in [0.15, 0.2) is 80.4 Å². The van der Waals surface area contributed by atoms with E-state index in [4.69, 9.17) is 0 Å². The van der Waals surface area contributed by atoms with Gasteiger partial charge in [0.1, 0.15) is 0 Å². The van der Waals surface area contributed by atoms with Crippen LogP contribution in [0.1, 0.15) is 53.4 Å². The van der Waals surface area contributed by atoms with E-state index in [0.717, 1.165) is 0 Å². The van der Waals surface area contributed by atoms with Crippen LogP contribution in [0.4, 0.5) is 0 Å². The van der Waals surface area contributed by atoms with E-state index in [2.05, 4.69) is 76.3 Å². The first-order valence-corrected chi connectivity index (χ1v) is 15.4. The average Bonchev–Trinajstić information content (AvgIpc) is 3.35. The van der Waals surface area contributed by atoms with Crippen LogP contribution >= 0.6 is 0 Å². The summed E-state index contributed by atoms with van der Waals surface area (Å²) in [6.07, 6.45) is 23.9. The predicted molar refractivity (Wildman–Crippen MR) is 106 cm³/mol. The molecule has 0 bridgehead atoms. The van der Waals surface area contributed by atoms with Crippen molar-refractivity contribution < 1.29 is 25.7 Å². The Hall–Kier alpha value is -0.976. The third-order valence-corrected chi connectivity index (χ3v) is 24.0. The van der Waals surface area contributed by atoms with Gasteiger partial charge in [-0.15, -0.1) is 0 Å². The SMILES string of the molecule is CC1=[C]([Y]([C]2=C(C)C=CC2)([C]2=C(C)C=CC2)[C]2=C(C)C=CC2)CC=C1. The van der Waals surface area contributed by atoms with Gasteiger partial charge in [-0.3, -0.25) is 0 Å². The van der Waals surface area contributed by atoms with E-state index in [1.165, 1.54) is 25.7 Å². The van der Waals surface area contributed by atoms with Crippen molar-refractivity contribution >= 4 is 0 Å². The van der Waals surface area contributed by atoms with Crippen LogP contribution in [-0.4, -0.2) is 0 Å². The second kappa shape index (κ2) is 6.64. The Balaban J connectivity index is 2.07. The molecule has 0 nitrogen and oxygen atoms in total. The van der Waals surface area contributed by atoms with Gasteiger partial charge < -0.3 is 0 Å². The van der Waals surface area contributed by atoms with Crippen molar-refractivity contribution in [2.24, 2.45) is 0 Å². The van der Waals surface area contributed by atoms with Crippen molar-refractivity contribution in [3.05, 3.63) is 80.4 Å². The molecule has 25 heavy (non-hydrogen) atoms. The molecule has 0 fully saturated rings. The third-order valence-electron chi connectivity index (χ3n) is 6.94. The average molecular weight is 405 g/mol. The fraction of sp³-hybridized carbons (Fsp3) is 0.333. The zero-order valence-corrected chi connectivity index (χ0v) is 18.9. The summed E-state index contributed by atoms with van der Waals surface area (Å²) in [5.41, 5.74) is 6.25. The molecular formula is C24H28Y. The number of hydrogen-bond acceptors (Lipinski definition) is 0. The molecule has 0 saturated carbocycles. The molecule has 0 atom stereocenters. The molecule has 127 valence electrons. The van der Waals surface area contributed by atoms with Gasteiger partial charge in [0.15, 0.2) is 0 Å². The molecule has 0 saturated heterocycles. The summed E-state index contributed by atoms with van der Waals surface area (Å²) in [7, 11) is 0. The molecule has 0 spiro atoms. The molecule has 0 aromatic heterocycles. The zero-order valence-electron chi connectivity index (χ0n) is 16.0. The molecular weight excluding hydrogens is 377 g/mol. The van der Waals surface area contributed by atoms with E-state index in [9.17, 15) is 0 Å². The molecule has 4 aliphatic carbocycles. The molecule has 0 aliphatic heterocycles. The molecule has 0 radical (unpaired) electrons. The van der Waals surface area contributed by atoms with Gasteiger partial charge in [-0.1, -0.05) is 0 Å². The van der Waals surface area contributed by atoms with E-state index in [1.54, 1.807) is 22.3 Å². The second-order valence-electron chi connectivity index (χ2n) is 8.13. The minimum atomic E-state index is -3.23. The second-order valence-corrected chi connectivity index (χ2v) is 19.2. The summed E-state index contributed by atoms with van der Waals surface area (Å²) < 4.78 is 7.33. The molecule has 4 rings (SSSR count). The Labute approximate surface area is 158 Å². The molecule has 0 aromatic rings. The molecule has 0 N–H and O–H groups in total. The van der Waals surface area contributed by atoms with Crippen LogP contribution in [-0.2, 0) is 25.7 Å². The quantitative estimate of drug-likeness (QED) is 0.469.